The van der Waals surface area contributed by atoms with E-state index in [4.69, 9.17) is 24.2 Å². The Morgan fingerprint density at radius 1 is 0.869 bits per heavy atom. The number of carbonyl (C=O) groups excluding carboxylic acids is 4. The fourth-order valence-corrected chi connectivity index (χ4v) is 9.39. The van der Waals surface area contributed by atoms with Crippen LogP contribution < -0.4 is 15.4 Å². The zero-order valence-corrected chi connectivity index (χ0v) is 35.6. The van der Waals surface area contributed by atoms with E-state index in [-0.39, 0.29) is 41.9 Å². The van der Waals surface area contributed by atoms with E-state index in [0.717, 1.165) is 74.8 Å². The van der Waals surface area contributed by atoms with Crippen molar-refractivity contribution in [3.63, 3.8) is 0 Å². The zero-order chi connectivity index (χ0) is 43.3. The molecule has 2 aromatic heterocycles. The number of rotatable bonds is 10. The Morgan fingerprint density at radius 3 is 2.28 bits per heavy atom. The smallest absolute Gasteiger partial charge is 0.407 e. The molecule has 0 spiro atoms. The highest BCUT2D eigenvalue weighted by atomic mass is 16.5. The Hall–Kier alpha value is -6.16. The molecule has 16 nitrogen and oxygen atoms in total. The number of hydrogen-bond donors (Lipinski definition) is 5. The van der Waals surface area contributed by atoms with Gasteiger partial charge in [0, 0.05) is 23.0 Å². The maximum absolute atomic E-state index is 14.0. The molecule has 0 radical (unpaired) electrons. The summed E-state index contributed by atoms with van der Waals surface area (Å²) < 4.78 is 16.0. The molecule has 5 aromatic rings. The number of aromatic nitrogens is 4. The summed E-state index contributed by atoms with van der Waals surface area (Å²) in [7, 11) is 2.51. The number of nitrogens with zero attached hydrogens (tertiary/aromatic N) is 4. The molecule has 8 rings (SSSR count). The van der Waals surface area contributed by atoms with Gasteiger partial charge < -0.3 is 49.7 Å². The molecule has 2 fully saturated rings. The minimum atomic E-state index is -1.17. The summed E-state index contributed by atoms with van der Waals surface area (Å²) >= 11 is 0. The SMILES string of the molecule is CC[C@H]1CC[C@@H](c2nc3c(ccc4cc5c(cc43)OCc3cc(-c4cnc([C@@H]6CC[C@H](C)N6C(=O)C(NC(=O)OC)C(C)C)[nH]4)ccc3-5)[nH]2)N1C(=O)[C@@H](NC(=O)OC)[C@@H](C)O. The van der Waals surface area contributed by atoms with Crippen molar-refractivity contribution in [2.24, 2.45) is 5.92 Å². The van der Waals surface area contributed by atoms with Gasteiger partial charge in [0.1, 0.15) is 36.1 Å². The van der Waals surface area contributed by atoms with Gasteiger partial charge in [-0.15, -0.1) is 0 Å². The fraction of sp³-hybridized carbons (Fsp3) is 0.467. The first-order valence-electron chi connectivity index (χ1n) is 21.1. The standard InChI is InChI=1S/C45H54N8O8/c1-8-28-12-16-35(53(28)43(56)38(24(5)54)51-45(58)60-7)41-47-32-14-11-25-18-31-29-13-10-26(17-27(29)21-61-36(31)19-30(25)39(32)49-41)33-20-46-40(48-33)34-15-9-23(4)52(34)42(55)37(22(2)3)50-44(57)59-6/h10-11,13-14,17-20,22-24,28,34-35,37-38,54H,8-9,12,15-16,21H2,1-7H3,(H,46,48)(H,47,49)(H,50,57)(H,51,58)/t23-,24+,28-,34-,35-,37?,38-/m0/s1. The number of benzene rings is 3. The van der Waals surface area contributed by atoms with E-state index in [2.05, 4.69) is 50.9 Å². The predicted molar refractivity (Wildman–Crippen MR) is 227 cm³/mol. The molecule has 5 heterocycles. The van der Waals surface area contributed by atoms with Crippen molar-refractivity contribution in [1.82, 2.24) is 40.4 Å². The van der Waals surface area contributed by atoms with Crippen molar-refractivity contribution in [2.45, 2.75) is 116 Å². The summed E-state index contributed by atoms with van der Waals surface area (Å²) in [4.78, 5) is 72.4. The van der Waals surface area contributed by atoms with Gasteiger partial charge in [-0.2, -0.15) is 0 Å². The molecule has 61 heavy (non-hydrogen) atoms. The number of carbonyl (C=O) groups is 4. The van der Waals surface area contributed by atoms with Crippen LogP contribution in [0.3, 0.4) is 0 Å². The average molecular weight is 835 g/mol. The van der Waals surface area contributed by atoms with E-state index in [1.807, 2.05) is 44.7 Å². The molecule has 322 valence electrons. The van der Waals surface area contributed by atoms with Crippen molar-refractivity contribution in [1.29, 1.82) is 0 Å². The number of aromatic amines is 2. The first kappa shape index (κ1) is 41.6. The first-order chi connectivity index (χ1) is 29.3. The van der Waals surface area contributed by atoms with Crippen LogP contribution in [0.1, 0.15) is 96.0 Å². The Morgan fingerprint density at radius 2 is 1.57 bits per heavy atom. The molecular weight excluding hydrogens is 781 g/mol. The average Bonchev–Trinajstić information content (AvgIpc) is 4.08. The van der Waals surface area contributed by atoms with Gasteiger partial charge in [-0.05, 0) is 98.2 Å². The molecule has 0 bridgehead atoms. The molecule has 4 amide bonds. The molecule has 3 aliphatic rings. The lowest BCUT2D eigenvalue weighted by Gasteiger charge is -2.33. The van der Waals surface area contributed by atoms with Crippen molar-refractivity contribution < 1.29 is 38.5 Å². The van der Waals surface area contributed by atoms with Crippen LogP contribution in [0, 0.1) is 5.92 Å². The highest BCUT2D eigenvalue weighted by Gasteiger charge is 2.44. The summed E-state index contributed by atoms with van der Waals surface area (Å²) in [5, 5.41) is 17.6. The highest BCUT2D eigenvalue weighted by molar-refractivity contribution is 6.07. The lowest BCUT2D eigenvalue weighted by atomic mass is 9.92. The van der Waals surface area contributed by atoms with Crippen molar-refractivity contribution in [3.8, 4) is 28.1 Å². The fourth-order valence-electron chi connectivity index (χ4n) is 9.39. The number of alkyl carbamates (subject to hydrolysis) is 2. The molecular formula is C45H54N8O8. The third kappa shape index (κ3) is 7.62. The second-order valence-electron chi connectivity index (χ2n) is 16.8. The second-order valence-corrected chi connectivity index (χ2v) is 16.8. The van der Waals surface area contributed by atoms with Crippen LogP contribution >= 0.6 is 0 Å². The Labute approximate surface area is 353 Å². The lowest BCUT2D eigenvalue weighted by Crippen LogP contribution is -2.55. The van der Waals surface area contributed by atoms with Crippen LogP contribution in [0.15, 0.2) is 48.7 Å². The maximum atomic E-state index is 14.0. The predicted octanol–water partition coefficient (Wildman–Crippen LogP) is 6.65. The van der Waals surface area contributed by atoms with Crippen LogP contribution in [0.2, 0.25) is 0 Å². The first-order valence-corrected chi connectivity index (χ1v) is 21.1. The van der Waals surface area contributed by atoms with Gasteiger partial charge in [-0.3, -0.25) is 9.59 Å². The molecule has 1 unspecified atom stereocenters. The van der Waals surface area contributed by atoms with Crippen LogP contribution in [0.25, 0.3) is 44.2 Å². The van der Waals surface area contributed by atoms with E-state index >= 15 is 0 Å². The molecule has 16 heteroatoms. The van der Waals surface area contributed by atoms with E-state index in [1.165, 1.54) is 21.1 Å². The number of aliphatic hydroxyl groups excluding tert-OH is 1. The largest absolute Gasteiger partial charge is 0.488 e. The number of imidazole rings is 2. The highest BCUT2D eigenvalue weighted by Crippen LogP contribution is 2.44. The molecule has 0 aliphatic carbocycles. The number of ether oxygens (including phenoxy) is 3. The van der Waals surface area contributed by atoms with Gasteiger partial charge in [-0.1, -0.05) is 39.0 Å². The molecule has 3 aromatic carbocycles. The number of hydrogen-bond acceptors (Lipinski definition) is 10. The van der Waals surface area contributed by atoms with E-state index in [9.17, 15) is 24.3 Å². The minimum absolute atomic E-state index is 0.0236. The molecule has 3 aliphatic heterocycles. The van der Waals surface area contributed by atoms with E-state index in [1.54, 1.807) is 11.1 Å². The van der Waals surface area contributed by atoms with E-state index in [0.29, 0.717) is 31.1 Å². The summed E-state index contributed by atoms with van der Waals surface area (Å²) in [6.45, 7) is 9.68. The number of fused-ring (bicyclic) bond motifs is 6. The quantitative estimate of drug-likeness (QED) is 0.101. The Bertz CT molecular complexity index is 2490. The number of methoxy groups -OCH3 is 2. The van der Waals surface area contributed by atoms with Gasteiger partial charge in [0.2, 0.25) is 11.8 Å². The summed E-state index contributed by atoms with van der Waals surface area (Å²) in [5.41, 5.74) is 6.41. The minimum Gasteiger partial charge on any atom is -0.488 e. The van der Waals surface area contributed by atoms with Crippen LogP contribution in [-0.4, -0.2) is 103 Å². The number of amides is 4. The van der Waals surface area contributed by atoms with Crippen molar-refractivity contribution in [2.75, 3.05) is 14.2 Å². The topological polar surface area (TPSA) is 204 Å². The normalized spacial score (nSPS) is 21.1. The summed E-state index contributed by atoms with van der Waals surface area (Å²) in [6, 6.07) is 11.8. The van der Waals surface area contributed by atoms with Crippen LogP contribution in [0.4, 0.5) is 9.59 Å². The van der Waals surface area contributed by atoms with Crippen molar-refractivity contribution in [3.05, 3.63) is 65.9 Å². The lowest BCUT2D eigenvalue weighted by molar-refractivity contribution is -0.139. The summed E-state index contributed by atoms with van der Waals surface area (Å²) in [6.07, 6.45) is 2.95. The number of aliphatic hydroxyl groups is 1. The van der Waals surface area contributed by atoms with E-state index < -0.39 is 30.4 Å². The Balaban J connectivity index is 1.05. The van der Waals surface area contributed by atoms with Crippen LogP contribution in [-0.2, 0) is 25.7 Å². The van der Waals surface area contributed by atoms with Crippen molar-refractivity contribution >= 4 is 45.8 Å². The molecule has 2 saturated heterocycles. The number of H-pyrrole nitrogens is 2. The maximum Gasteiger partial charge on any atom is 0.407 e. The number of nitrogens with one attached hydrogen (secondary N) is 4. The van der Waals surface area contributed by atoms with Gasteiger partial charge in [0.25, 0.3) is 0 Å². The third-order valence-electron chi connectivity index (χ3n) is 12.7. The second kappa shape index (κ2) is 16.7. The molecule has 0 saturated carbocycles. The number of likely N-dealkylation sites (tertiary alicyclic amines) is 2. The monoisotopic (exact) mass is 834 g/mol. The van der Waals surface area contributed by atoms with Gasteiger partial charge in [0.15, 0.2) is 0 Å². The van der Waals surface area contributed by atoms with Crippen LogP contribution in [0.5, 0.6) is 5.75 Å². The summed E-state index contributed by atoms with van der Waals surface area (Å²) in [5.74, 6) is 1.41. The third-order valence-corrected chi connectivity index (χ3v) is 12.7. The Kier molecular flexibility index (Phi) is 11.4. The zero-order valence-electron chi connectivity index (χ0n) is 35.6. The van der Waals surface area contributed by atoms with Gasteiger partial charge in [-0.25, -0.2) is 19.6 Å². The van der Waals surface area contributed by atoms with Gasteiger partial charge in [0.05, 0.1) is 55.3 Å². The van der Waals surface area contributed by atoms with Gasteiger partial charge >= 0.3 is 12.2 Å². The molecule has 7 atom stereocenters. The molecule has 5 N–H and O–H groups in total.